The Hall–Kier alpha value is -3.51. The Morgan fingerprint density at radius 3 is 2.56 bits per heavy atom. The number of hydrogen-bond donors (Lipinski definition) is 2. The van der Waals surface area contributed by atoms with Gasteiger partial charge in [-0.2, -0.15) is 0 Å². The van der Waals surface area contributed by atoms with E-state index in [-0.39, 0.29) is 5.56 Å². The molecule has 0 bridgehead atoms. The second kappa shape index (κ2) is 9.75. The number of aromatic amines is 1. The van der Waals surface area contributed by atoms with Crippen molar-refractivity contribution in [3.63, 3.8) is 0 Å². The molecule has 2 N–H and O–H groups in total. The van der Waals surface area contributed by atoms with Gasteiger partial charge in [-0.05, 0) is 66.5 Å². The molecule has 0 fully saturated rings. The monoisotopic (exact) mass is 442 g/mol. The van der Waals surface area contributed by atoms with Gasteiger partial charge in [-0.15, -0.1) is 0 Å². The zero-order valence-electron chi connectivity index (χ0n) is 18.3. The van der Waals surface area contributed by atoms with Crippen LogP contribution in [0.4, 0.5) is 0 Å². The number of aryl methyl sites for hydroxylation is 2. The third kappa shape index (κ3) is 5.21. The van der Waals surface area contributed by atoms with Crippen LogP contribution >= 0.6 is 12.2 Å². The summed E-state index contributed by atoms with van der Waals surface area (Å²) < 4.78 is 0. The molecule has 0 amide bonds. The first kappa shape index (κ1) is 21.7. The molecule has 0 saturated carbocycles. The van der Waals surface area contributed by atoms with Crippen LogP contribution in [0, 0.1) is 13.8 Å². The normalized spacial score (nSPS) is 10.8. The molecule has 0 saturated heterocycles. The summed E-state index contributed by atoms with van der Waals surface area (Å²) in [6, 6.07) is 20.2. The van der Waals surface area contributed by atoms with E-state index in [0.717, 1.165) is 33.2 Å². The van der Waals surface area contributed by atoms with Gasteiger partial charge in [-0.1, -0.05) is 42.5 Å². The van der Waals surface area contributed by atoms with Crippen molar-refractivity contribution in [2.45, 2.75) is 33.5 Å². The zero-order chi connectivity index (χ0) is 22.5. The van der Waals surface area contributed by atoms with Crippen LogP contribution < -0.4 is 10.9 Å². The lowest BCUT2D eigenvalue weighted by molar-refractivity contribution is 0.396. The van der Waals surface area contributed by atoms with Gasteiger partial charge in [0.15, 0.2) is 5.11 Å². The van der Waals surface area contributed by atoms with Crippen LogP contribution in [0.3, 0.4) is 0 Å². The first-order valence-corrected chi connectivity index (χ1v) is 11.0. The summed E-state index contributed by atoms with van der Waals surface area (Å²) in [7, 11) is 0. The van der Waals surface area contributed by atoms with Crippen molar-refractivity contribution >= 4 is 28.2 Å². The number of H-pyrrole nitrogens is 1. The van der Waals surface area contributed by atoms with Crippen molar-refractivity contribution < 1.29 is 0 Å². The Bertz CT molecular complexity index is 1290. The van der Waals surface area contributed by atoms with Gasteiger partial charge < -0.3 is 15.2 Å². The first-order chi connectivity index (χ1) is 15.5. The molecule has 5 nitrogen and oxygen atoms in total. The minimum atomic E-state index is -0.0930. The molecule has 2 heterocycles. The van der Waals surface area contributed by atoms with E-state index >= 15 is 0 Å². The molecule has 2 aromatic heterocycles. The molecule has 0 unspecified atom stereocenters. The maximum atomic E-state index is 12.9. The van der Waals surface area contributed by atoms with Crippen molar-refractivity contribution in [1.82, 2.24) is 20.2 Å². The SMILES string of the molecule is Cc1cc(C)c2cc(CN(Cc3cccnc3)C(=S)NCc3ccccc3)c(=O)[nH]c2c1. The molecular weight excluding hydrogens is 416 g/mol. The summed E-state index contributed by atoms with van der Waals surface area (Å²) in [4.78, 5) is 22.2. The largest absolute Gasteiger partial charge is 0.358 e. The van der Waals surface area contributed by atoms with E-state index in [1.165, 1.54) is 0 Å². The Morgan fingerprint density at radius 1 is 1.03 bits per heavy atom. The van der Waals surface area contributed by atoms with Gasteiger partial charge in [0.2, 0.25) is 0 Å². The highest BCUT2D eigenvalue weighted by atomic mass is 32.1. The molecule has 4 rings (SSSR count). The molecule has 0 aliphatic rings. The Labute approximate surface area is 193 Å². The molecule has 32 heavy (non-hydrogen) atoms. The Morgan fingerprint density at radius 2 is 1.81 bits per heavy atom. The standard InChI is InChI=1S/C26H26N4OS/c1-18-11-19(2)23-13-22(25(31)29-24(23)12-18)17-30(16-21-9-6-10-27-14-21)26(32)28-15-20-7-4-3-5-8-20/h3-14H,15-17H2,1-2H3,(H,28,32)(H,29,31). The number of aromatic nitrogens is 2. The average molecular weight is 443 g/mol. The second-order valence-corrected chi connectivity index (χ2v) is 8.42. The van der Waals surface area contributed by atoms with E-state index in [2.05, 4.69) is 40.4 Å². The highest BCUT2D eigenvalue weighted by Gasteiger charge is 2.15. The zero-order valence-corrected chi connectivity index (χ0v) is 19.1. The quantitative estimate of drug-likeness (QED) is 0.427. The van der Waals surface area contributed by atoms with Crippen LogP contribution in [-0.4, -0.2) is 20.0 Å². The lowest BCUT2D eigenvalue weighted by Crippen LogP contribution is -2.39. The van der Waals surface area contributed by atoms with Crippen LogP contribution in [0.15, 0.2) is 77.9 Å². The molecule has 6 heteroatoms. The van der Waals surface area contributed by atoms with E-state index in [9.17, 15) is 4.79 Å². The van der Waals surface area contributed by atoms with E-state index in [1.807, 2.05) is 60.5 Å². The lowest BCUT2D eigenvalue weighted by atomic mass is 10.0. The topological polar surface area (TPSA) is 61.0 Å². The molecule has 0 radical (unpaired) electrons. The van der Waals surface area contributed by atoms with Gasteiger partial charge in [0.25, 0.3) is 5.56 Å². The summed E-state index contributed by atoms with van der Waals surface area (Å²) in [5.74, 6) is 0. The maximum absolute atomic E-state index is 12.9. The molecule has 0 aliphatic carbocycles. The fraction of sp³-hybridized carbons (Fsp3) is 0.192. The van der Waals surface area contributed by atoms with Gasteiger partial charge in [0, 0.05) is 41.9 Å². The van der Waals surface area contributed by atoms with E-state index < -0.39 is 0 Å². The van der Waals surface area contributed by atoms with Crippen LogP contribution in [0.25, 0.3) is 10.9 Å². The molecular formula is C26H26N4OS. The lowest BCUT2D eigenvalue weighted by Gasteiger charge is -2.26. The van der Waals surface area contributed by atoms with E-state index in [0.29, 0.717) is 30.3 Å². The predicted octanol–water partition coefficient (Wildman–Crippen LogP) is 4.62. The molecule has 0 aliphatic heterocycles. The third-order valence-electron chi connectivity index (χ3n) is 5.42. The van der Waals surface area contributed by atoms with Crippen molar-refractivity contribution in [2.75, 3.05) is 0 Å². The number of nitrogens with zero attached hydrogens (tertiary/aromatic N) is 2. The molecule has 4 aromatic rings. The molecule has 0 atom stereocenters. The maximum Gasteiger partial charge on any atom is 0.253 e. The fourth-order valence-corrected chi connectivity index (χ4v) is 4.04. The fourth-order valence-electron chi connectivity index (χ4n) is 3.84. The summed E-state index contributed by atoms with van der Waals surface area (Å²) in [5, 5.41) is 4.99. The Balaban J connectivity index is 1.61. The van der Waals surface area contributed by atoms with Gasteiger partial charge in [0.05, 0.1) is 6.54 Å². The minimum absolute atomic E-state index is 0.0930. The van der Waals surface area contributed by atoms with Crippen LogP contribution in [-0.2, 0) is 19.6 Å². The highest BCUT2D eigenvalue weighted by molar-refractivity contribution is 7.80. The predicted molar refractivity (Wildman–Crippen MR) is 133 cm³/mol. The van der Waals surface area contributed by atoms with Gasteiger partial charge in [0.1, 0.15) is 0 Å². The number of rotatable bonds is 6. The van der Waals surface area contributed by atoms with Crippen molar-refractivity contribution in [3.05, 3.63) is 111 Å². The molecule has 162 valence electrons. The highest BCUT2D eigenvalue weighted by Crippen LogP contribution is 2.19. The first-order valence-electron chi connectivity index (χ1n) is 10.6. The number of hydrogen-bond acceptors (Lipinski definition) is 3. The van der Waals surface area contributed by atoms with Gasteiger partial charge in [-0.25, -0.2) is 0 Å². The molecule has 0 spiro atoms. The van der Waals surface area contributed by atoms with Crippen LogP contribution in [0.2, 0.25) is 0 Å². The van der Waals surface area contributed by atoms with Crippen LogP contribution in [0.1, 0.15) is 27.8 Å². The van der Waals surface area contributed by atoms with E-state index in [4.69, 9.17) is 12.2 Å². The van der Waals surface area contributed by atoms with E-state index in [1.54, 1.807) is 6.20 Å². The van der Waals surface area contributed by atoms with Gasteiger partial charge >= 0.3 is 0 Å². The van der Waals surface area contributed by atoms with Crippen molar-refractivity contribution in [3.8, 4) is 0 Å². The second-order valence-electron chi connectivity index (χ2n) is 8.03. The number of pyridine rings is 2. The Kier molecular flexibility index (Phi) is 6.61. The van der Waals surface area contributed by atoms with Crippen molar-refractivity contribution in [2.24, 2.45) is 0 Å². The summed E-state index contributed by atoms with van der Waals surface area (Å²) in [6.45, 7) is 5.67. The summed E-state index contributed by atoms with van der Waals surface area (Å²) in [5.41, 5.74) is 5.89. The number of benzene rings is 2. The average Bonchev–Trinajstić information content (AvgIpc) is 2.79. The summed E-state index contributed by atoms with van der Waals surface area (Å²) in [6.07, 6.45) is 3.57. The van der Waals surface area contributed by atoms with Gasteiger partial charge in [-0.3, -0.25) is 9.78 Å². The van der Waals surface area contributed by atoms with Crippen molar-refractivity contribution in [1.29, 1.82) is 0 Å². The number of nitrogens with one attached hydrogen (secondary N) is 2. The molecule has 2 aromatic carbocycles. The third-order valence-corrected chi connectivity index (χ3v) is 5.82. The number of thiocarbonyl (C=S) groups is 1. The smallest absolute Gasteiger partial charge is 0.253 e. The number of fused-ring (bicyclic) bond motifs is 1. The van der Waals surface area contributed by atoms with Crippen LogP contribution in [0.5, 0.6) is 0 Å². The summed E-state index contributed by atoms with van der Waals surface area (Å²) >= 11 is 5.74. The minimum Gasteiger partial charge on any atom is -0.358 e.